The number of anilines is 4. The minimum atomic E-state index is -4.76. The molecule has 0 fully saturated rings. The third kappa shape index (κ3) is 6.58. The lowest BCUT2D eigenvalue weighted by Crippen LogP contribution is -2.18. The predicted molar refractivity (Wildman–Crippen MR) is 162 cm³/mol. The molecule has 4 aliphatic rings. The van der Waals surface area contributed by atoms with Gasteiger partial charge < -0.3 is 24.6 Å². The van der Waals surface area contributed by atoms with E-state index in [0.29, 0.717) is 42.4 Å². The van der Waals surface area contributed by atoms with Gasteiger partial charge >= 0.3 is 13.8 Å². The highest BCUT2D eigenvalue weighted by Crippen LogP contribution is 2.51. The van der Waals surface area contributed by atoms with E-state index in [4.69, 9.17) is 9.05 Å². The van der Waals surface area contributed by atoms with Gasteiger partial charge in [0, 0.05) is 43.8 Å². The summed E-state index contributed by atoms with van der Waals surface area (Å²) in [6.45, 7) is 3.07. The predicted octanol–water partition coefficient (Wildman–Crippen LogP) is 6.97. The number of aryl methyl sites for hydroxylation is 1. The van der Waals surface area contributed by atoms with Gasteiger partial charge in [-0.1, -0.05) is 18.2 Å². The minimum Gasteiger partial charge on any atom is -0.339 e. The zero-order valence-corrected chi connectivity index (χ0v) is 25.5. The molecule has 4 aromatic rings. The highest BCUT2D eigenvalue weighted by atomic mass is 31.2. The summed E-state index contributed by atoms with van der Waals surface area (Å²) in [6.07, 6.45) is 0.879. The van der Waals surface area contributed by atoms with Crippen LogP contribution in [-0.2, 0) is 39.0 Å². The van der Waals surface area contributed by atoms with Gasteiger partial charge in [0.1, 0.15) is 11.4 Å². The van der Waals surface area contributed by atoms with Crippen LogP contribution in [0.5, 0.6) is 0 Å². The number of alkyl halides is 3. The number of rotatable bonds is 2. The van der Waals surface area contributed by atoms with Crippen molar-refractivity contribution in [2.45, 2.75) is 45.2 Å². The molecule has 0 saturated carbocycles. The fourth-order valence-corrected chi connectivity index (χ4v) is 7.09. The van der Waals surface area contributed by atoms with Crippen LogP contribution in [0.25, 0.3) is 11.1 Å². The van der Waals surface area contributed by atoms with Gasteiger partial charge in [-0.3, -0.25) is 14.0 Å². The van der Waals surface area contributed by atoms with E-state index in [-0.39, 0.29) is 49.0 Å². The molecule has 2 aromatic carbocycles. The number of fused-ring (bicyclic) bond motifs is 1. The van der Waals surface area contributed by atoms with Crippen molar-refractivity contribution in [3.63, 3.8) is 0 Å². The number of amides is 1. The average molecular weight is 642 g/mol. The maximum atomic E-state index is 14.1. The van der Waals surface area contributed by atoms with E-state index >= 15 is 0 Å². The molecule has 0 aliphatic carbocycles. The first-order valence-corrected chi connectivity index (χ1v) is 16.2. The molecule has 2 N–H and O–H groups in total. The van der Waals surface area contributed by atoms with Crippen molar-refractivity contribution in [2.75, 3.05) is 30.9 Å². The number of hydrogen-bond acceptors (Lipinski definition) is 9. The summed E-state index contributed by atoms with van der Waals surface area (Å²) < 4.78 is 68.7. The molecule has 8 rings (SSSR count). The van der Waals surface area contributed by atoms with Crippen molar-refractivity contribution >= 4 is 36.6 Å². The Bertz CT molecular complexity index is 1780. The molecule has 15 heteroatoms. The fourth-order valence-electron chi connectivity index (χ4n) is 5.38. The lowest BCUT2D eigenvalue weighted by Gasteiger charge is -2.18. The van der Waals surface area contributed by atoms with Crippen molar-refractivity contribution in [1.82, 2.24) is 24.6 Å². The van der Waals surface area contributed by atoms with Crippen LogP contribution in [0.15, 0.2) is 55.0 Å². The second kappa shape index (κ2) is 12.3. The molecule has 0 saturated heterocycles. The second-order valence-electron chi connectivity index (χ2n) is 10.8. The summed E-state index contributed by atoms with van der Waals surface area (Å²) in [6, 6.07) is 10.1. The Hall–Kier alpha value is -4.26. The Balaban J connectivity index is 1.42. The topological polar surface area (TPSA) is 124 Å². The van der Waals surface area contributed by atoms with E-state index in [1.54, 1.807) is 61.2 Å². The Kier molecular flexibility index (Phi) is 8.38. The smallest absolute Gasteiger partial charge is 0.339 e. The average Bonchev–Trinajstić information content (AvgIpc) is 3.57. The normalized spacial score (nSPS) is 18.9. The molecule has 1 amide bonds. The van der Waals surface area contributed by atoms with Crippen LogP contribution in [0.2, 0.25) is 0 Å². The number of carbonyl (C=O) groups is 1. The molecule has 1 atom stereocenters. The first-order chi connectivity index (χ1) is 21.5. The third-order valence-electron chi connectivity index (χ3n) is 7.54. The molecule has 6 heterocycles. The number of nitrogens with zero attached hydrogens (tertiary/aromatic N) is 5. The summed E-state index contributed by atoms with van der Waals surface area (Å²) in [5.74, 6) is -0.920. The Labute approximate surface area is 257 Å². The number of halogens is 3. The molecule has 8 bridgehead atoms. The van der Waals surface area contributed by atoms with Gasteiger partial charge in [0.25, 0.3) is 5.91 Å². The van der Waals surface area contributed by atoms with Crippen molar-refractivity contribution in [3.05, 3.63) is 77.2 Å². The van der Waals surface area contributed by atoms with Gasteiger partial charge in [0.2, 0.25) is 5.95 Å². The Morgan fingerprint density at radius 3 is 2.64 bits per heavy atom. The van der Waals surface area contributed by atoms with Crippen LogP contribution in [0.1, 0.15) is 46.8 Å². The van der Waals surface area contributed by atoms with Gasteiger partial charge in [0.15, 0.2) is 0 Å². The quantitative estimate of drug-likeness (QED) is 0.223. The van der Waals surface area contributed by atoms with Crippen molar-refractivity contribution in [1.29, 1.82) is 0 Å². The Morgan fingerprint density at radius 2 is 1.89 bits per heavy atom. The summed E-state index contributed by atoms with van der Waals surface area (Å²) in [5, 5.41) is 10.2. The van der Waals surface area contributed by atoms with Gasteiger partial charge in [-0.15, -0.1) is 0 Å². The summed E-state index contributed by atoms with van der Waals surface area (Å²) in [5.41, 5.74) is 2.78. The van der Waals surface area contributed by atoms with Crippen molar-refractivity contribution in [3.8, 4) is 11.1 Å². The first kappa shape index (κ1) is 30.8. The van der Waals surface area contributed by atoms with E-state index in [2.05, 4.69) is 25.7 Å². The number of hydrogen-bond donors (Lipinski definition) is 2. The van der Waals surface area contributed by atoms with E-state index in [0.717, 1.165) is 11.1 Å². The van der Waals surface area contributed by atoms with Crippen LogP contribution in [-0.4, -0.2) is 50.8 Å². The molecule has 0 spiro atoms. The van der Waals surface area contributed by atoms with Crippen LogP contribution < -0.4 is 10.6 Å². The number of nitrogens with one attached hydrogen (secondary N) is 2. The van der Waals surface area contributed by atoms with Crippen LogP contribution in [0.4, 0.5) is 36.3 Å². The fraction of sp³-hybridized carbons (Fsp3) is 0.333. The van der Waals surface area contributed by atoms with Crippen molar-refractivity contribution < 1.29 is 31.6 Å². The minimum absolute atomic E-state index is 0.0598. The number of benzene rings is 2. The first-order valence-electron chi connectivity index (χ1n) is 14.4. The standard InChI is InChI=1S/C30H31F3N7O4P/c1-3-43-45(42)18-19-6-8-21(9-7-19)36-29-34-15-24(30(31,32)33)27(38-29)37-25-11-10-22(23-17-39(2)28(41)26(23)25)20-14-35-40(16-20)12-4-5-13-44-45/h6-11,14-16H,3-5,12-13,17-18H2,1-2H3,(H2,34,36,37,38)/t45-/m0/s1. The molecule has 2 aromatic heterocycles. The number of carbonyl (C=O) groups excluding carboxylic acids is 1. The van der Waals surface area contributed by atoms with Gasteiger partial charge in [-0.2, -0.15) is 23.3 Å². The largest absolute Gasteiger partial charge is 0.421 e. The summed E-state index contributed by atoms with van der Waals surface area (Å²) >= 11 is 0. The highest BCUT2D eigenvalue weighted by Gasteiger charge is 2.37. The summed E-state index contributed by atoms with van der Waals surface area (Å²) in [4.78, 5) is 22.8. The zero-order chi connectivity index (χ0) is 31.8. The maximum absolute atomic E-state index is 14.1. The monoisotopic (exact) mass is 641 g/mol. The van der Waals surface area contributed by atoms with Gasteiger partial charge in [-0.25, -0.2) is 4.98 Å². The zero-order valence-electron chi connectivity index (χ0n) is 24.6. The molecule has 236 valence electrons. The van der Waals surface area contributed by atoms with E-state index in [1.807, 2.05) is 6.20 Å². The third-order valence-corrected chi connectivity index (χ3v) is 9.52. The molecule has 0 radical (unpaired) electrons. The molecule has 4 aliphatic heterocycles. The molecular weight excluding hydrogens is 610 g/mol. The molecule has 0 unspecified atom stereocenters. The molecule has 45 heavy (non-hydrogen) atoms. The van der Waals surface area contributed by atoms with Crippen LogP contribution >= 0.6 is 7.60 Å². The molecule has 11 nitrogen and oxygen atoms in total. The Morgan fingerprint density at radius 1 is 1.09 bits per heavy atom. The van der Waals surface area contributed by atoms with Crippen molar-refractivity contribution in [2.24, 2.45) is 0 Å². The van der Waals surface area contributed by atoms with E-state index in [1.165, 1.54) is 4.90 Å². The SMILES string of the molecule is CCO[P@@]1(=O)Cc2ccc(cc2)Nc2ncc(C(F)(F)F)c(n2)Nc2ccc(c3c2C(=O)N(C)C3)-c2cnn(c2)CCCCO1. The van der Waals surface area contributed by atoms with Crippen LogP contribution in [0.3, 0.4) is 0 Å². The van der Waals surface area contributed by atoms with Gasteiger partial charge in [0.05, 0.1) is 36.8 Å². The lowest BCUT2D eigenvalue weighted by molar-refractivity contribution is -0.137. The molecular formula is C30H31F3N7O4P. The highest BCUT2D eigenvalue weighted by molar-refractivity contribution is 7.53. The van der Waals surface area contributed by atoms with E-state index < -0.39 is 25.2 Å². The van der Waals surface area contributed by atoms with Gasteiger partial charge in [-0.05, 0) is 54.7 Å². The maximum Gasteiger partial charge on any atom is 0.421 e. The lowest BCUT2D eigenvalue weighted by atomic mass is 9.97. The van der Waals surface area contributed by atoms with Crippen LogP contribution in [0, 0.1) is 0 Å². The summed E-state index contributed by atoms with van der Waals surface area (Å²) in [7, 11) is -1.79. The second-order valence-corrected chi connectivity index (χ2v) is 12.8. The number of aromatic nitrogens is 4. The van der Waals surface area contributed by atoms with E-state index in [9.17, 15) is 22.5 Å².